The first-order valence-corrected chi connectivity index (χ1v) is 6.07. The number of nitrogens with zero attached hydrogens (tertiary/aromatic N) is 1. The average Bonchev–Trinajstić information content (AvgIpc) is 2.77. The standard InChI is InChI=1S/C13H21NO3/c1-10(2)8-12(15)14(9-13(16)17-3)11-6-4-5-7-11/h8,11H,4-7,9H2,1-3H3. The van der Waals surface area contributed by atoms with Crippen LogP contribution in [0, 0.1) is 0 Å². The molecule has 0 aromatic carbocycles. The summed E-state index contributed by atoms with van der Waals surface area (Å²) in [5.74, 6) is -0.435. The van der Waals surface area contributed by atoms with Crippen molar-refractivity contribution in [3.63, 3.8) is 0 Å². The third-order valence-corrected chi connectivity index (χ3v) is 2.99. The normalized spacial score (nSPS) is 15.5. The topological polar surface area (TPSA) is 46.6 Å². The minimum absolute atomic E-state index is 0.0593. The van der Waals surface area contributed by atoms with Gasteiger partial charge in [-0.2, -0.15) is 0 Å². The molecule has 0 saturated heterocycles. The molecule has 0 spiro atoms. The molecule has 0 radical (unpaired) electrons. The maximum absolute atomic E-state index is 12.0. The van der Waals surface area contributed by atoms with E-state index in [2.05, 4.69) is 4.74 Å². The van der Waals surface area contributed by atoms with Crippen LogP contribution in [0.25, 0.3) is 0 Å². The Morgan fingerprint density at radius 3 is 2.35 bits per heavy atom. The Morgan fingerprint density at radius 2 is 1.88 bits per heavy atom. The van der Waals surface area contributed by atoms with E-state index in [1.165, 1.54) is 7.11 Å². The molecule has 1 aliphatic carbocycles. The van der Waals surface area contributed by atoms with Gasteiger partial charge in [0.25, 0.3) is 0 Å². The molecule has 0 aromatic rings. The number of methoxy groups -OCH3 is 1. The number of hydrogen-bond donors (Lipinski definition) is 0. The van der Waals surface area contributed by atoms with Crippen molar-refractivity contribution < 1.29 is 14.3 Å². The molecule has 0 atom stereocenters. The molecule has 1 amide bonds. The smallest absolute Gasteiger partial charge is 0.325 e. The molecule has 17 heavy (non-hydrogen) atoms. The number of ether oxygens (including phenoxy) is 1. The fraction of sp³-hybridized carbons (Fsp3) is 0.692. The molecule has 0 heterocycles. The van der Waals surface area contributed by atoms with Crippen LogP contribution in [-0.2, 0) is 14.3 Å². The van der Waals surface area contributed by atoms with Crippen molar-refractivity contribution in [2.45, 2.75) is 45.6 Å². The number of carbonyl (C=O) groups excluding carboxylic acids is 2. The van der Waals surface area contributed by atoms with Crippen molar-refractivity contribution in [2.75, 3.05) is 13.7 Å². The second kappa shape index (κ2) is 6.42. The molecule has 1 aliphatic rings. The van der Waals surface area contributed by atoms with Gasteiger partial charge >= 0.3 is 5.97 Å². The maximum atomic E-state index is 12.0. The molecule has 96 valence electrons. The largest absolute Gasteiger partial charge is 0.468 e. The van der Waals surface area contributed by atoms with Gasteiger partial charge < -0.3 is 9.64 Å². The lowest BCUT2D eigenvalue weighted by molar-refractivity contribution is -0.146. The van der Waals surface area contributed by atoms with Gasteiger partial charge in [-0.1, -0.05) is 18.4 Å². The summed E-state index contributed by atoms with van der Waals surface area (Å²) in [6.45, 7) is 3.82. The van der Waals surface area contributed by atoms with E-state index in [1.807, 2.05) is 13.8 Å². The summed E-state index contributed by atoms with van der Waals surface area (Å²) >= 11 is 0. The van der Waals surface area contributed by atoms with E-state index in [4.69, 9.17) is 0 Å². The molecule has 1 rings (SSSR count). The van der Waals surface area contributed by atoms with Gasteiger partial charge in [-0.15, -0.1) is 0 Å². The van der Waals surface area contributed by atoms with Crippen molar-refractivity contribution in [2.24, 2.45) is 0 Å². The summed E-state index contributed by atoms with van der Waals surface area (Å²) < 4.78 is 4.64. The van der Waals surface area contributed by atoms with Crippen molar-refractivity contribution in [1.29, 1.82) is 0 Å². The van der Waals surface area contributed by atoms with Gasteiger partial charge in [0, 0.05) is 12.1 Å². The maximum Gasteiger partial charge on any atom is 0.325 e. The summed E-state index contributed by atoms with van der Waals surface area (Å²) in [5, 5.41) is 0. The van der Waals surface area contributed by atoms with Crippen molar-refractivity contribution in [3.8, 4) is 0 Å². The fourth-order valence-corrected chi connectivity index (χ4v) is 2.14. The number of allylic oxidation sites excluding steroid dienone is 1. The Labute approximate surface area is 103 Å². The van der Waals surface area contributed by atoms with Crippen LogP contribution in [-0.4, -0.2) is 36.5 Å². The highest BCUT2D eigenvalue weighted by molar-refractivity contribution is 5.91. The van der Waals surface area contributed by atoms with E-state index in [-0.39, 0.29) is 24.5 Å². The first-order valence-electron chi connectivity index (χ1n) is 6.07. The highest BCUT2D eigenvalue weighted by Crippen LogP contribution is 2.23. The van der Waals surface area contributed by atoms with E-state index >= 15 is 0 Å². The van der Waals surface area contributed by atoms with Gasteiger partial charge in [-0.05, 0) is 26.7 Å². The van der Waals surface area contributed by atoms with Gasteiger partial charge in [0.05, 0.1) is 7.11 Å². The molecule has 1 saturated carbocycles. The lowest BCUT2D eigenvalue weighted by atomic mass is 10.2. The van der Waals surface area contributed by atoms with Gasteiger partial charge in [0.15, 0.2) is 0 Å². The minimum Gasteiger partial charge on any atom is -0.468 e. The van der Waals surface area contributed by atoms with Crippen LogP contribution in [0.4, 0.5) is 0 Å². The Bertz CT molecular complexity index is 313. The van der Waals surface area contributed by atoms with E-state index in [0.717, 1.165) is 31.3 Å². The third kappa shape index (κ3) is 4.21. The zero-order valence-corrected chi connectivity index (χ0v) is 10.9. The van der Waals surface area contributed by atoms with Gasteiger partial charge in [0.2, 0.25) is 5.91 Å². The molecule has 0 unspecified atom stereocenters. The van der Waals surface area contributed by atoms with Crippen LogP contribution in [0.15, 0.2) is 11.6 Å². The number of rotatable bonds is 4. The minimum atomic E-state index is -0.354. The fourth-order valence-electron chi connectivity index (χ4n) is 2.14. The molecule has 0 bridgehead atoms. The lowest BCUT2D eigenvalue weighted by Crippen LogP contribution is -2.41. The summed E-state index contributed by atoms with van der Waals surface area (Å²) in [7, 11) is 1.35. The quantitative estimate of drug-likeness (QED) is 0.556. The Kier molecular flexibility index (Phi) is 5.19. The average molecular weight is 239 g/mol. The SMILES string of the molecule is COC(=O)CN(C(=O)C=C(C)C)C1CCCC1. The second-order valence-corrected chi connectivity index (χ2v) is 4.70. The summed E-state index contributed by atoms with van der Waals surface area (Å²) in [4.78, 5) is 25.0. The van der Waals surface area contributed by atoms with Gasteiger partial charge in [-0.3, -0.25) is 9.59 Å². The highest BCUT2D eigenvalue weighted by Gasteiger charge is 2.27. The number of carbonyl (C=O) groups is 2. The Morgan fingerprint density at radius 1 is 1.29 bits per heavy atom. The van der Waals surface area contributed by atoms with E-state index in [9.17, 15) is 9.59 Å². The van der Waals surface area contributed by atoms with Crippen molar-refractivity contribution in [3.05, 3.63) is 11.6 Å². The lowest BCUT2D eigenvalue weighted by Gasteiger charge is -2.26. The van der Waals surface area contributed by atoms with Crippen LogP contribution >= 0.6 is 0 Å². The van der Waals surface area contributed by atoms with Crippen LogP contribution in [0.2, 0.25) is 0 Å². The van der Waals surface area contributed by atoms with Crippen molar-refractivity contribution in [1.82, 2.24) is 4.90 Å². The molecule has 0 aromatic heterocycles. The predicted molar refractivity (Wildman–Crippen MR) is 65.4 cm³/mol. The first-order chi connectivity index (χ1) is 8.04. The summed E-state index contributed by atoms with van der Waals surface area (Å²) in [5.41, 5.74) is 0.947. The van der Waals surface area contributed by atoms with Crippen LogP contribution < -0.4 is 0 Å². The zero-order chi connectivity index (χ0) is 12.8. The van der Waals surface area contributed by atoms with Crippen LogP contribution in [0.5, 0.6) is 0 Å². The molecule has 4 heteroatoms. The first kappa shape index (κ1) is 13.7. The Hall–Kier alpha value is -1.32. The van der Waals surface area contributed by atoms with Crippen LogP contribution in [0.1, 0.15) is 39.5 Å². The number of hydrogen-bond acceptors (Lipinski definition) is 3. The highest BCUT2D eigenvalue weighted by atomic mass is 16.5. The van der Waals surface area contributed by atoms with Crippen molar-refractivity contribution >= 4 is 11.9 Å². The zero-order valence-electron chi connectivity index (χ0n) is 10.9. The molecular weight excluding hydrogens is 218 g/mol. The molecule has 0 N–H and O–H groups in total. The van der Waals surface area contributed by atoms with Crippen LogP contribution in [0.3, 0.4) is 0 Å². The summed E-state index contributed by atoms with van der Waals surface area (Å²) in [6, 6.07) is 0.192. The van der Waals surface area contributed by atoms with E-state index in [1.54, 1.807) is 11.0 Å². The summed E-state index contributed by atoms with van der Waals surface area (Å²) in [6.07, 6.45) is 5.81. The predicted octanol–water partition coefficient (Wildman–Crippen LogP) is 1.90. The van der Waals surface area contributed by atoms with Gasteiger partial charge in [0.1, 0.15) is 6.54 Å². The third-order valence-electron chi connectivity index (χ3n) is 2.99. The monoisotopic (exact) mass is 239 g/mol. The van der Waals surface area contributed by atoms with Gasteiger partial charge in [-0.25, -0.2) is 0 Å². The molecule has 4 nitrogen and oxygen atoms in total. The molecule has 0 aliphatic heterocycles. The van der Waals surface area contributed by atoms with E-state index < -0.39 is 0 Å². The van der Waals surface area contributed by atoms with E-state index in [0.29, 0.717) is 0 Å². The molecular formula is C13H21NO3. The number of amides is 1. The number of esters is 1. The second-order valence-electron chi connectivity index (χ2n) is 4.70. The molecule has 1 fully saturated rings. The Balaban J connectivity index is 2.73.